The number of ether oxygens (including phenoxy) is 1. The van der Waals surface area contributed by atoms with Gasteiger partial charge < -0.3 is 15.0 Å². The van der Waals surface area contributed by atoms with Crippen LogP contribution in [-0.4, -0.2) is 49.7 Å². The molecule has 2 aliphatic rings. The van der Waals surface area contributed by atoms with Crippen molar-refractivity contribution in [1.29, 1.82) is 0 Å². The van der Waals surface area contributed by atoms with Crippen LogP contribution in [0.2, 0.25) is 0 Å². The lowest BCUT2D eigenvalue weighted by Gasteiger charge is -2.36. The molecule has 2 rings (SSSR count). The third-order valence-corrected chi connectivity index (χ3v) is 4.37. The van der Waals surface area contributed by atoms with Crippen LogP contribution < -0.4 is 5.32 Å². The van der Waals surface area contributed by atoms with E-state index in [1.807, 2.05) is 6.92 Å². The summed E-state index contributed by atoms with van der Waals surface area (Å²) < 4.78 is 5.24. The molecule has 0 aromatic carbocycles. The summed E-state index contributed by atoms with van der Waals surface area (Å²) in [5.74, 6) is 0.698. The van der Waals surface area contributed by atoms with E-state index in [-0.39, 0.29) is 12.5 Å². The van der Waals surface area contributed by atoms with Crippen LogP contribution >= 0.6 is 0 Å². The summed E-state index contributed by atoms with van der Waals surface area (Å²) in [5.41, 5.74) is 0. The highest BCUT2D eigenvalue weighted by molar-refractivity contribution is 5.77. The number of piperidine rings is 1. The van der Waals surface area contributed by atoms with Crippen molar-refractivity contribution in [1.82, 2.24) is 10.2 Å². The fourth-order valence-electron chi connectivity index (χ4n) is 3.31. The molecule has 104 valence electrons. The Morgan fingerprint density at radius 1 is 1.33 bits per heavy atom. The van der Waals surface area contributed by atoms with Crippen molar-refractivity contribution >= 4 is 5.91 Å². The van der Waals surface area contributed by atoms with Crippen LogP contribution in [0.15, 0.2) is 0 Å². The number of carbonyl (C=O) groups excluding carboxylic acids is 1. The lowest BCUT2D eigenvalue weighted by Crippen LogP contribution is -2.43. The van der Waals surface area contributed by atoms with Gasteiger partial charge in [-0.05, 0) is 45.1 Å². The molecule has 0 aromatic rings. The van der Waals surface area contributed by atoms with Gasteiger partial charge in [0.15, 0.2) is 0 Å². The summed E-state index contributed by atoms with van der Waals surface area (Å²) in [7, 11) is 2.25. The van der Waals surface area contributed by atoms with E-state index < -0.39 is 0 Å². The SMILES string of the molecule is CCCOCC(=O)NCC1CC2CCC(C1)N2C. The molecule has 2 fully saturated rings. The molecule has 2 unspecified atom stereocenters. The number of hydrogen-bond acceptors (Lipinski definition) is 3. The minimum atomic E-state index is 0.0368. The minimum Gasteiger partial charge on any atom is -0.372 e. The number of amides is 1. The Hall–Kier alpha value is -0.610. The van der Waals surface area contributed by atoms with E-state index in [0.29, 0.717) is 12.5 Å². The van der Waals surface area contributed by atoms with Crippen LogP contribution in [0, 0.1) is 5.92 Å². The van der Waals surface area contributed by atoms with E-state index in [9.17, 15) is 4.79 Å². The van der Waals surface area contributed by atoms with Gasteiger partial charge >= 0.3 is 0 Å². The van der Waals surface area contributed by atoms with Crippen LogP contribution in [0.4, 0.5) is 0 Å². The Balaban J connectivity index is 1.64. The van der Waals surface area contributed by atoms with Gasteiger partial charge in [-0.2, -0.15) is 0 Å². The first-order valence-electron chi connectivity index (χ1n) is 7.27. The second-order valence-corrected chi connectivity index (χ2v) is 5.74. The van der Waals surface area contributed by atoms with Gasteiger partial charge in [0.05, 0.1) is 0 Å². The molecular formula is C14H26N2O2. The predicted molar refractivity (Wildman–Crippen MR) is 71.4 cm³/mol. The first-order valence-corrected chi connectivity index (χ1v) is 7.27. The van der Waals surface area contributed by atoms with Gasteiger partial charge in [0.25, 0.3) is 0 Å². The number of fused-ring (bicyclic) bond motifs is 2. The average Bonchev–Trinajstić information content (AvgIpc) is 2.60. The van der Waals surface area contributed by atoms with E-state index in [0.717, 1.165) is 25.0 Å². The smallest absolute Gasteiger partial charge is 0.246 e. The summed E-state index contributed by atoms with van der Waals surface area (Å²) >= 11 is 0. The maximum absolute atomic E-state index is 11.6. The molecule has 4 nitrogen and oxygen atoms in total. The highest BCUT2D eigenvalue weighted by Gasteiger charge is 2.38. The average molecular weight is 254 g/mol. The zero-order valence-corrected chi connectivity index (χ0v) is 11.7. The van der Waals surface area contributed by atoms with Crippen LogP contribution in [0.1, 0.15) is 39.0 Å². The lowest BCUT2D eigenvalue weighted by molar-refractivity contribution is -0.126. The lowest BCUT2D eigenvalue weighted by atomic mass is 9.91. The fourth-order valence-corrected chi connectivity index (χ4v) is 3.31. The van der Waals surface area contributed by atoms with Crippen LogP contribution in [0.5, 0.6) is 0 Å². The van der Waals surface area contributed by atoms with E-state index in [1.165, 1.54) is 25.7 Å². The number of rotatable bonds is 6. The van der Waals surface area contributed by atoms with Crippen molar-refractivity contribution in [3.05, 3.63) is 0 Å². The number of nitrogens with one attached hydrogen (secondary N) is 1. The zero-order valence-electron chi connectivity index (χ0n) is 11.7. The summed E-state index contributed by atoms with van der Waals surface area (Å²) in [6.45, 7) is 3.76. The molecule has 0 aromatic heterocycles. The first kappa shape index (κ1) is 13.8. The third-order valence-electron chi connectivity index (χ3n) is 4.37. The van der Waals surface area contributed by atoms with Crippen molar-refractivity contribution < 1.29 is 9.53 Å². The van der Waals surface area contributed by atoms with Gasteiger partial charge in [-0.1, -0.05) is 6.92 Å². The van der Waals surface area contributed by atoms with Crippen molar-refractivity contribution in [2.24, 2.45) is 5.92 Å². The van der Waals surface area contributed by atoms with Crippen molar-refractivity contribution in [3.63, 3.8) is 0 Å². The van der Waals surface area contributed by atoms with Crippen molar-refractivity contribution in [2.45, 2.75) is 51.1 Å². The Kier molecular flexibility index (Phi) is 5.01. The molecule has 0 aliphatic carbocycles. The molecule has 2 atom stereocenters. The highest BCUT2D eigenvalue weighted by atomic mass is 16.5. The molecule has 0 spiro atoms. The second-order valence-electron chi connectivity index (χ2n) is 5.74. The fraction of sp³-hybridized carbons (Fsp3) is 0.929. The van der Waals surface area contributed by atoms with Gasteiger partial charge in [-0.15, -0.1) is 0 Å². The Bertz CT molecular complexity index is 269. The molecule has 18 heavy (non-hydrogen) atoms. The molecule has 0 radical (unpaired) electrons. The van der Waals surface area contributed by atoms with Gasteiger partial charge in [0.2, 0.25) is 5.91 Å². The number of carbonyl (C=O) groups is 1. The van der Waals surface area contributed by atoms with Gasteiger partial charge in [-0.3, -0.25) is 4.79 Å². The standard InChI is InChI=1S/C14H26N2O2/c1-3-6-18-10-14(17)15-9-11-7-12-4-5-13(8-11)16(12)2/h11-13H,3-10H2,1-2H3,(H,15,17). The molecular weight excluding hydrogens is 228 g/mol. The molecule has 1 amide bonds. The number of hydrogen-bond donors (Lipinski definition) is 1. The maximum Gasteiger partial charge on any atom is 0.246 e. The molecule has 1 N–H and O–H groups in total. The van der Waals surface area contributed by atoms with Crippen LogP contribution in [0.25, 0.3) is 0 Å². The van der Waals surface area contributed by atoms with Crippen LogP contribution in [-0.2, 0) is 9.53 Å². The summed E-state index contributed by atoms with van der Waals surface area (Å²) in [6.07, 6.45) is 6.12. The molecule has 2 heterocycles. The topological polar surface area (TPSA) is 41.6 Å². The first-order chi connectivity index (χ1) is 8.70. The molecule has 4 heteroatoms. The predicted octanol–water partition coefficient (Wildman–Crippen LogP) is 1.40. The van der Waals surface area contributed by atoms with Crippen LogP contribution in [0.3, 0.4) is 0 Å². The summed E-state index contributed by atoms with van der Waals surface area (Å²) in [6, 6.07) is 1.50. The molecule has 2 aliphatic heterocycles. The molecule has 2 saturated heterocycles. The largest absolute Gasteiger partial charge is 0.372 e. The summed E-state index contributed by atoms with van der Waals surface area (Å²) in [5, 5.41) is 3.01. The molecule has 0 saturated carbocycles. The zero-order chi connectivity index (χ0) is 13.0. The van der Waals surface area contributed by atoms with Gasteiger partial charge in [0, 0.05) is 25.2 Å². The Labute approximate surface area is 110 Å². The minimum absolute atomic E-state index is 0.0368. The summed E-state index contributed by atoms with van der Waals surface area (Å²) in [4.78, 5) is 14.1. The van der Waals surface area contributed by atoms with Gasteiger partial charge in [0.1, 0.15) is 6.61 Å². The third kappa shape index (κ3) is 3.45. The number of nitrogens with zero attached hydrogens (tertiary/aromatic N) is 1. The second kappa shape index (κ2) is 6.53. The Morgan fingerprint density at radius 3 is 2.61 bits per heavy atom. The molecule has 2 bridgehead atoms. The Morgan fingerprint density at radius 2 is 2.00 bits per heavy atom. The van der Waals surface area contributed by atoms with Crippen molar-refractivity contribution in [2.75, 3.05) is 26.8 Å². The van der Waals surface area contributed by atoms with E-state index in [1.54, 1.807) is 0 Å². The maximum atomic E-state index is 11.6. The van der Waals surface area contributed by atoms with E-state index in [2.05, 4.69) is 17.3 Å². The quantitative estimate of drug-likeness (QED) is 0.729. The van der Waals surface area contributed by atoms with Gasteiger partial charge in [-0.25, -0.2) is 0 Å². The highest BCUT2D eigenvalue weighted by Crippen LogP contribution is 2.36. The monoisotopic (exact) mass is 254 g/mol. The normalized spacial score (nSPS) is 31.6. The van der Waals surface area contributed by atoms with E-state index in [4.69, 9.17) is 4.74 Å². The van der Waals surface area contributed by atoms with E-state index >= 15 is 0 Å². The van der Waals surface area contributed by atoms with Crippen molar-refractivity contribution in [3.8, 4) is 0 Å².